The van der Waals surface area contributed by atoms with Gasteiger partial charge in [0.25, 0.3) is 0 Å². The maximum atomic E-state index is 11.5. The smallest absolute Gasteiger partial charge is 0.313 e. The van der Waals surface area contributed by atoms with Crippen LogP contribution in [0.25, 0.3) is 0 Å². The maximum Gasteiger partial charge on any atom is 0.313 e. The van der Waals surface area contributed by atoms with Crippen molar-refractivity contribution in [3.05, 3.63) is 21.5 Å². The third kappa shape index (κ3) is 3.17. The first-order valence-electron chi connectivity index (χ1n) is 7.28. The summed E-state index contributed by atoms with van der Waals surface area (Å²) in [4.78, 5) is 11.2. The van der Waals surface area contributed by atoms with Crippen LogP contribution in [0, 0.1) is 16.0 Å². The van der Waals surface area contributed by atoms with E-state index in [1.54, 1.807) is 11.7 Å². The van der Waals surface area contributed by atoms with Crippen molar-refractivity contribution in [3.63, 3.8) is 0 Å². The first kappa shape index (κ1) is 16.6. The quantitative estimate of drug-likeness (QED) is 0.616. The van der Waals surface area contributed by atoms with Crippen LogP contribution in [0.1, 0.15) is 51.9 Å². The van der Waals surface area contributed by atoms with E-state index in [-0.39, 0.29) is 22.6 Å². The van der Waals surface area contributed by atoms with Gasteiger partial charge in [-0.05, 0) is 25.8 Å². The molecule has 0 radical (unpaired) electrons. The van der Waals surface area contributed by atoms with Crippen LogP contribution in [0.4, 0.5) is 5.69 Å². The summed E-state index contributed by atoms with van der Waals surface area (Å²) in [6, 6.07) is 0.166. The Morgan fingerprint density at radius 1 is 1.35 bits per heavy atom. The number of rotatable bonds is 7. The molecule has 2 atom stereocenters. The molecule has 0 bridgehead atoms. The summed E-state index contributed by atoms with van der Waals surface area (Å²) < 4.78 is 1.69. The van der Waals surface area contributed by atoms with E-state index in [9.17, 15) is 10.1 Å². The summed E-state index contributed by atoms with van der Waals surface area (Å²) in [5, 5.41) is 19.2. The lowest BCUT2D eigenvalue weighted by Crippen LogP contribution is -2.35. The van der Waals surface area contributed by atoms with Crippen LogP contribution in [-0.2, 0) is 13.5 Å². The number of nitrogens with one attached hydrogen (secondary N) is 1. The predicted octanol–water partition coefficient (Wildman–Crippen LogP) is 2.63. The second kappa shape index (κ2) is 6.83. The molecule has 1 aromatic heterocycles. The molecule has 6 heteroatoms. The van der Waals surface area contributed by atoms with Crippen LogP contribution < -0.4 is 5.32 Å². The molecule has 2 unspecified atom stereocenters. The third-order valence-corrected chi connectivity index (χ3v) is 3.75. The highest BCUT2D eigenvalue weighted by Gasteiger charge is 2.35. The number of hydrogen-bond acceptors (Lipinski definition) is 4. The molecule has 1 rings (SSSR count). The van der Waals surface area contributed by atoms with Crippen molar-refractivity contribution >= 4 is 5.69 Å². The molecule has 0 fully saturated rings. The Bertz CT molecular complexity index is 468. The van der Waals surface area contributed by atoms with Crippen LogP contribution in [0.2, 0.25) is 0 Å². The zero-order chi connectivity index (χ0) is 15.4. The van der Waals surface area contributed by atoms with Crippen molar-refractivity contribution in [2.75, 3.05) is 6.54 Å². The van der Waals surface area contributed by atoms with Gasteiger partial charge in [0, 0.05) is 19.0 Å². The van der Waals surface area contributed by atoms with Crippen LogP contribution in [0.3, 0.4) is 0 Å². The molecule has 6 nitrogen and oxygen atoms in total. The number of hydrogen-bond donors (Lipinski definition) is 1. The van der Waals surface area contributed by atoms with Crippen molar-refractivity contribution < 1.29 is 4.92 Å². The molecule has 114 valence electrons. The number of aromatic nitrogens is 2. The summed E-state index contributed by atoms with van der Waals surface area (Å²) >= 11 is 0. The Kier molecular flexibility index (Phi) is 5.68. The Balaban J connectivity index is 3.39. The van der Waals surface area contributed by atoms with Crippen LogP contribution in [0.5, 0.6) is 0 Å². The maximum absolute atomic E-state index is 11.5. The van der Waals surface area contributed by atoms with Gasteiger partial charge in [-0.25, -0.2) is 0 Å². The molecule has 0 aromatic carbocycles. The van der Waals surface area contributed by atoms with E-state index >= 15 is 0 Å². The van der Waals surface area contributed by atoms with E-state index in [2.05, 4.69) is 31.2 Å². The Labute approximate surface area is 120 Å². The Hall–Kier alpha value is -1.43. The summed E-state index contributed by atoms with van der Waals surface area (Å²) in [6.07, 6.45) is 0.574. The molecule has 1 N–H and O–H groups in total. The minimum absolute atomic E-state index is 0.0631. The van der Waals surface area contributed by atoms with E-state index in [1.807, 2.05) is 13.8 Å². The van der Waals surface area contributed by atoms with E-state index in [4.69, 9.17) is 0 Å². The summed E-state index contributed by atoms with van der Waals surface area (Å²) in [5.41, 5.74) is 1.50. The number of aryl methyl sites for hydroxylation is 2. The van der Waals surface area contributed by atoms with Gasteiger partial charge in [0.2, 0.25) is 0 Å². The van der Waals surface area contributed by atoms with Gasteiger partial charge in [-0.3, -0.25) is 14.8 Å². The second-order valence-corrected chi connectivity index (χ2v) is 5.53. The molecule has 0 aliphatic carbocycles. The average Bonchev–Trinajstić information content (AvgIpc) is 2.67. The van der Waals surface area contributed by atoms with Crippen LogP contribution in [-0.4, -0.2) is 27.3 Å². The van der Waals surface area contributed by atoms with Crippen molar-refractivity contribution in [3.8, 4) is 0 Å². The number of likely N-dealkylation sites (N-methyl/N-ethyl adjacent to an activating group) is 1. The SMILES string of the molecule is CCNC(C)C(c1c([N+](=O)[O-])c(CC)nn1C)C(C)C. The van der Waals surface area contributed by atoms with Gasteiger partial charge in [0.05, 0.1) is 4.92 Å². The van der Waals surface area contributed by atoms with Gasteiger partial charge in [-0.1, -0.05) is 27.7 Å². The topological polar surface area (TPSA) is 73.0 Å². The summed E-state index contributed by atoms with van der Waals surface area (Å²) in [6.45, 7) is 11.1. The van der Waals surface area contributed by atoms with Crippen molar-refractivity contribution in [1.82, 2.24) is 15.1 Å². The van der Waals surface area contributed by atoms with E-state index in [0.717, 1.165) is 12.2 Å². The monoisotopic (exact) mass is 282 g/mol. The minimum Gasteiger partial charge on any atom is -0.314 e. The van der Waals surface area contributed by atoms with E-state index < -0.39 is 0 Å². The second-order valence-electron chi connectivity index (χ2n) is 5.53. The molecule has 0 aliphatic rings. The first-order valence-corrected chi connectivity index (χ1v) is 7.28. The van der Waals surface area contributed by atoms with Crippen molar-refractivity contribution in [1.29, 1.82) is 0 Å². The zero-order valence-corrected chi connectivity index (χ0v) is 13.3. The minimum atomic E-state index is -0.283. The molecule has 0 saturated heterocycles. The molecule has 1 heterocycles. The first-order chi connectivity index (χ1) is 9.34. The standard InChI is InChI=1S/C14H26N4O2/c1-7-11-13(18(19)20)14(17(6)16-11)12(9(3)4)10(5)15-8-2/h9-10,12,15H,7-8H2,1-6H3. The average molecular weight is 282 g/mol. The highest BCUT2D eigenvalue weighted by atomic mass is 16.6. The van der Waals surface area contributed by atoms with Crippen LogP contribution >= 0.6 is 0 Å². The molecule has 0 amide bonds. The van der Waals surface area contributed by atoms with Gasteiger partial charge < -0.3 is 5.32 Å². The molecular formula is C14H26N4O2. The number of nitro groups is 1. The Morgan fingerprint density at radius 2 is 1.95 bits per heavy atom. The van der Waals surface area contributed by atoms with Gasteiger partial charge >= 0.3 is 5.69 Å². The highest BCUT2D eigenvalue weighted by molar-refractivity contribution is 5.44. The largest absolute Gasteiger partial charge is 0.314 e. The van der Waals surface area contributed by atoms with Crippen molar-refractivity contribution in [2.45, 2.75) is 53.0 Å². The van der Waals surface area contributed by atoms with Crippen molar-refractivity contribution in [2.24, 2.45) is 13.0 Å². The Morgan fingerprint density at radius 3 is 2.35 bits per heavy atom. The van der Waals surface area contributed by atoms with E-state index in [0.29, 0.717) is 18.0 Å². The highest BCUT2D eigenvalue weighted by Crippen LogP contribution is 2.36. The molecular weight excluding hydrogens is 256 g/mol. The fraction of sp³-hybridized carbons (Fsp3) is 0.786. The summed E-state index contributed by atoms with van der Waals surface area (Å²) in [7, 11) is 1.80. The normalized spacial score (nSPS) is 14.6. The lowest BCUT2D eigenvalue weighted by molar-refractivity contribution is -0.386. The van der Waals surface area contributed by atoms with Gasteiger partial charge in [-0.2, -0.15) is 5.10 Å². The van der Waals surface area contributed by atoms with E-state index in [1.165, 1.54) is 0 Å². The predicted molar refractivity (Wildman–Crippen MR) is 80.0 cm³/mol. The van der Waals surface area contributed by atoms with Gasteiger partial charge in [-0.15, -0.1) is 0 Å². The third-order valence-electron chi connectivity index (χ3n) is 3.75. The molecule has 0 spiro atoms. The molecule has 1 aromatic rings. The molecule has 0 saturated carbocycles. The van der Waals surface area contributed by atoms with Gasteiger partial charge in [0.15, 0.2) is 0 Å². The lowest BCUT2D eigenvalue weighted by atomic mass is 9.85. The molecule has 0 aliphatic heterocycles. The number of nitrogens with zero attached hydrogens (tertiary/aromatic N) is 3. The fourth-order valence-electron chi connectivity index (χ4n) is 2.97. The molecule has 20 heavy (non-hydrogen) atoms. The lowest BCUT2D eigenvalue weighted by Gasteiger charge is -2.27. The zero-order valence-electron chi connectivity index (χ0n) is 13.3. The van der Waals surface area contributed by atoms with Crippen LogP contribution in [0.15, 0.2) is 0 Å². The summed E-state index contributed by atoms with van der Waals surface area (Å²) in [5.74, 6) is 0.357. The van der Waals surface area contributed by atoms with Gasteiger partial charge in [0.1, 0.15) is 11.4 Å². The fourth-order valence-corrected chi connectivity index (χ4v) is 2.97.